The predicted octanol–water partition coefficient (Wildman–Crippen LogP) is 3.30. The largest absolute Gasteiger partial charge is 0.325 e. The van der Waals surface area contributed by atoms with Gasteiger partial charge in [-0.25, -0.2) is 4.39 Å². The minimum Gasteiger partial charge on any atom is -0.325 e. The Balaban J connectivity index is 2.46. The van der Waals surface area contributed by atoms with Crippen LogP contribution in [-0.2, 0) is 4.79 Å². The number of carbonyl (C=O) groups is 1. The molecule has 0 atom stereocenters. The van der Waals surface area contributed by atoms with Crippen LogP contribution in [0.1, 0.15) is 20.8 Å². The molecule has 0 bridgehead atoms. The fraction of sp³-hybridized carbons (Fsp3) is 0.417. The van der Waals surface area contributed by atoms with Crippen LogP contribution >= 0.6 is 11.8 Å². The van der Waals surface area contributed by atoms with Gasteiger partial charge in [0.15, 0.2) is 0 Å². The standard InChI is InChI=1S/C12H16FNOS/c1-12(2,3)16-8-11(15)14-10-6-4-5-9(13)7-10/h4-7H,8H2,1-3H3,(H,14,15). The number of hydrogen-bond acceptors (Lipinski definition) is 2. The molecule has 0 saturated heterocycles. The van der Waals surface area contributed by atoms with E-state index in [1.165, 1.54) is 12.1 Å². The van der Waals surface area contributed by atoms with Gasteiger partial charge in [-0.2, -0.15) is 0 Å². The van der Waals surface area contributed by atoms with Crippen molar-refractivity contribution in [3.8, 4) is 0 Å². The Kier molecular flexibility index (Phi) is 4.35. The third-order valence-corrected chi connectivity index (χ3v) is 3.02. The maximum Gasteiger partial charge on any atom is 0.234 e. The Morgan fingerprint density at radius 1 is 1.44 bits per heavy atom. The number of nitrogens with one attached hydrogen (secondary N) is 1. The third-order valence-electron chi connectivity index (χ3n) is 1.74. The van der Waals surface area contributed by atoms with Crippen LogP contribution in [0, 0.1) is 5.82 Å². The van der Waals surface area contributed by atoms with Crippen molar-refractivity contribution in [2.24, 2.45) is 0 Å². The molecule has 1 aromatic carbocycles. The van der Waals surface area contributed by atoms with Gasteiger partial charge in [0.25, 0.3) is 0 Å². The summed E-state index contributed by atoms with van der Waals surface area (Å²) in [6.45, 7) is 6.15. The summed E-state index contributed by atoms with van der Waals surface area (Å²) < 4.78 is 12.9. The first-order valence-corrected chi connectivity index (χ1v) is 6.05. The van der Waals surface area contributed by atoms with Gasteiger partial charge < -0.3 is 5.32 Å². The van der Waals surface area contributed by atoms with Crippen molar-refractivity contribution >= 4 is 23.4 Å². The number of rotatable bonds is 3. The lowest BCUT2D eigenvalue weighted by molar-refractivity contribution is -0.113. The Hall–Kier alpha value is -1.03. The highest BCUT2D eigenvalue weighted by molar-refractivity contribution is 8.01. The molecule has 88 valence electrons. The van der Waals surface area contributed by atoms with E-state index in [-0.39, 0.29) is 16.5 Å². The molecule has 0 aromatic heterocycles. The Morgan fingerprint density at radius 3 is 2.69 bits per heavy atom. The molecular weight excluding hydrogens is 225 g/mol. The van der Waals surface area contributed by atoms with Crippen LogP contribution in [0.2, 0.25) is 0 Å². The molecule has 2 nitrogen and oxygen atoms in total. The van der Waals surface area contributed by atoms with Gasteiger partial charge in [0.05, 0.1) is 5.75 Å². The second-order valence-electron chi connectivity index (χ2n) is 4.46. The van der Waals surface area contributed by atoms with E-state index < -0.39 is 0 Å². The molecule has 1 N–H and O–H groups in total. The van der Waals surface area contributed by atoms with Crippen LogP contribution < -0.4 is 5.32 Å². The lowest BCUT2D eigenvalue weighted by atomic mass is 10.3. The van der Waals surface area contributed by atoms with E-state index in [4.69, 9.17) is 0 Å². The zero-order chi connectivity index (χ0) is 12.2. The molecule has 0 saturated carbocycles. The summed E-state index contributed by atoms with van der Waals surface area (Å²) in [6.07, 6.45) is 0. The second-order valence-corrected chi connectivity index (χ2v) is 6.26. The van der Waals surface area contributed by atoms with Crippen LogP contribution in [0.3, 0.4) is 0 Å². The normalized spacial score (nSPS) is 11.2. The third kappa shape index (κ3) is 5.16. The monoisotopic (exact) mass is 241 g/mol. The van der Waals surface area contributed by atoms with Crippen molar-refractivity contribution in [3.63, 3.8) is 0 Å². The molecule has 0 aliphatic heterocycles. The number of benzene rings is 1. The van der Waals surface area contributed by atoms with Crippen LogP contribution in [0.15, 0.2) is 24.3 Å². The summed E-state index contributed by atoms with van der Waals surface area (Å²) in [5.41, 5.74) is 0.500. The highest BCUT2D eigenvalue weighted by atomic mass is 32.2. The second kappa shape index (κ2) is 5.34. The van der Waals surface area contributed by atoms with E-state index >= 15 is 0 Å². The van der Waals surface area contributed by atoms with Gasteiger partial charge in [0, 0.05) is 10.4 Å². The summed E-state index contributed by atoms with van der Waals surface area (Å²) in [6, 6.07) is 5.89. The average molecular weight is 241 g/mol. The van der Waals surface area contributed by atoms with Crippen molar-refractivity contribution < 1.29 is 9.18 Å². The van der Waals surface area contributed by atoms with Crippen LogP contribution in [-0.4, -0.2) is 16.4 Å². The van der Waals surface area contributed by atoms with Crippen molar-refractivity contribution in [1.29, 1.82) is 0 Å². The molecule has 4 heteroatoms. The summed E-state index contributed by atoms with van der Waals surface area (Å²) in [7, 11) is 0. The maximum atomic E-state index is 12.8. The maximum absolute atomic E-state index is 12.8. The number of carbonyl (C=O) groups excluding carboxylic acids is 1. The van der Waals surface area contributed by atoms with Crippen LogP contribution in [0.25, 0.3) is 0 Å². The summed E-state index contributed by atoms with van der Waals surface area (Å²) >= 11 is 1.56. The van der Waals surface area contributed by atoms with Gasteiger partial charge in [0.1, 0.15) is 5.82 Å². The quantitative estimate of drug-likeness (QED) is 0.879. The Labute approximate surface area is 99.6 Å². The minimum absolute atomic E-state index is 0.0548. The first kappa shape index (κ1) is 13.0. The topological polar surface area (TPSA) is 29.1 Å². The molecule has 1 amide bonds. The number of anilines is 1. The van der Waals surface area contributed by atoms with E-state index in [1.807, 2.05) is 20.8 Å². The molecule has 16 heavy (non-hydrogen) atoms. The summed E-state index contributed by atoms with van der Waals surface area (Å²) in [4.78, 5) is 11.5. The zero-order valence-corrected chi connectivity index (χ0v) is 10.5. The average Bonchev–Trinajstić information content (AvgIpc) is 2.14. The van der Waals surface area contributed by atoms with Gasteiger partial charge >= 0.3 is 0 Å². The Bertz CT molecular complexity index is 374. The van der Waals surface area contributed by atoms with Crippen molar-refractivity contribution in [1.82, 2.24) is 0 Å². The molecule has 0 aliphatic carbocycles. The van der Waals surface area contributed by atoms with Crippen LogP contribution in [0.4, 0.5) is 10.1 Å². The van der Waals surface area contributed by atoms with Crippen molar-refractivity contribution in [3.05, 3.63) is 30.1 Å². The van der Waals surface area contributed by atoms with E-state index in [0.717, 1.165) is 0 Å². The molecule has 0 aliphatic rings. The smallest absolute Gasteiger partial charge is 0.234 e. The lowest BCUT2D eigenvalue weighted by Crippen LogP contribution is -2.18. The van der Waals surface area contributed by atoms with Gasteiger partial charge in [-0.05, 0) is 18.2 Å². The molecule has 0 unspecified atom stereocenters. The molecule has 0 spiro atoms. The molecule has 0 fully saturated rings. The fourth-order valence-electron chi connectivity index (χ4n) is 1.05. The van der Waals surface area contributed by atoms with Crippen LogP contribution in [0.5, 0.6) is 0 Å². The molecule has 1 rings (SSSR count). The number of thioether (sulfide) groups is 1. The van der Waals surface area contributed by atoms with Gasteiger partial charge in [-0.1, -0.05) is 26.8 Å². The molecular formula is C12H16FNOS. The lowest BCUT2D eigenvalue weighted by Gasteiger charge is -2.16. The number of amides is 1. The van der Waals surface area contributed by atoms with Gasteiger partial charge in [-0.15, -0.1) is 11.8 Å². The van der Waals surface area contributed by atoms with Gasteiger partial charge in [0.2, 0.25) is 5.91 Å². The number of halogens is 1. The van der Waals surface area contributed by atoms with Crippen molar-refractivity contribution in [2.75, 3.05) is 11.1 Å². The zero-order valence-electron chi connectivity index (χ0n) is 9.71. The molecule has 1 aromatic rings. The first-order valence-electron chi connectivity index (χ1n) is 5.06. The summed E-state index contributed by atoms with van der Waals surface area (Å²) in [5, 5.41) is 2.66. The number of hydrogen-bond donors (Lipinski definition) is 1. The van der Waals surface area contributed by atoms with E-state index in [0.29, 0.717) is 11.4 Å². The Morgan fingerprint density at radius 2 is 2.12 bits per heavy atom. The van der Waals surface area contributed by atoms with E-state index in [1.54, 1.807) is 23.9 Å². The fourth-order valence-corrected chi connectivity index (χ4v) is 1.68. The summed E-state index contributed by atoms with van der Waals surface area (Å²) in [5.74, 6) is -0.0770. The van der Waals surface area contributed by atoms with Gasteiger partial charge in [-0.3, -0.25) is 4.79 Å². The predicted molar refractivity (Wildman–Crippen MR) is 67.2 cm³/mol. The first-order chi connectivity index (χ1) is 7.37. The van der Waals surface area contributed by atoms with E-state index in [2.05, 4.69) is 5.32 Å². The highest BCUT2D eigenvalue weighted by Crippen LogP contribution is 2.23. The molecule has 0 radical (unpaired) electrons. The molecule has 0 heterocycles. The SMILES string of the molecule is CC(C)(C)SCC(=O)Nc1cccc(F)c1. The van der Waals surface area contributed by atoms with E-state index in [9.17, 15) is 9.18 Å². The minimum atomic E-state index is -0.346. The highest BCUT2D eigenvalue weighted by Gasteiger charge is 2.13. The van der Waals surface area contributed by atoms with Crippen molar-refractivity contribution in [2.45, 2.75) is 25.5 Å².